The zero-order valence-corrected chi connectivity index (χ0v) is 15.9. The topological polar surface area (TPSA) is 93.2 Å². The molecule has 9 heteroatoms. The highest BCUT2D eigenvalue weighted by Crippen LogP contribution is 2.29. The average Bonchev–Trinajstić information content (AvgIpc) is 3.02. The van der Waals surface area contributed by atoms with Gasteiger partial charge in [-0.25, -0.2) is 0 Å². The minimum atomic E-state index is -0.347. The lowest BCUT2D eigenvalue weighted by atomic mass is 10.1. The van der Waals surface area contributed by atoms with E-state index in [0.29, 0.717) is 33.9 Å². The molecule has 0 aliphatic heterocycles. The number of hydrogen-bond acceptors (Lipinski definition) is 8. The van der Waals surface area contributed by atoms with E-state index < -0.39 is 0 Å². The van der Waals surface area contributed by atoms with Gasteiger partial charge in [0.1, 0.15) is 0 Å². The highest BCUT2D eigenvalue weighted by molar-refractivity contribution is 8.02. The van der Waals surface area contributed by atoms with Crippen molar-refractivity contribution >= 4 is 45.6 Å². The minimum Gasteiger partial charge on any atom is -0.383 e. The van der Waals surface area contributed by atoms with Gasteiger partial charge >= 0.3 is 0 Å². The number of Topliss-reactive ketones (excluding diaryl/α,β-unsaturated/α-hetero) is 1. The van der Waals surface area contributed by atoms with Gasteiger partial charge in [0.25, 0.3) is 0 Å². The van der Waals surface area contributed by atoms with E-state index in [1.165, 1.54) is 30.0 Å². The smallest absolute Gasteiger partial charge is 0.237 e. The summed E-state index contributed by atoms with van der Waals surface area (Å²) >= 11 is 2.73. The summed E-state index contributed by atoms with van der Waals surface area (Å²) < 4.78 is 5.67. The lowest BCUT2D eigenvalue weighted by Crippen LogP contribution is -2.22. The molecule has 0 aliphatic rings. The fourth-order valence-corrected chi connectivity index (χ4v) is 3.78. The maximum Gasteiger partial charge on any atom is 0.237 e. The van der Waals surface area contributed by atoms with Gasteiger partial charge in [0.05, 0.1) is 11.9 Å². The van der Waals surface area contributed by atoms with E-state index in [9.17, 15) is 9.59 Å². The summed E-state index contributed by atoms with van der Waals surface area (Å²) in [6.45, 7) is 4.53. The van der Waals surface area contributed by atoms with Gasteiger partial charge in [-0.1, -0.05) is 35.2 Å². The van der Waals surface area contributed by atoms with Crippen LogP contribution in [-0.4, -0.2) is 47.4 Å². The van der Waals surface area contributed by atoms with Crippen molar-refractivity contribution in [3.63, 3.8) is 0 Å². The van der Waals surface area contributed by atoms with E-state index in [1.54, 1.807) is 38.3 Å². The van der Waals surface area contributed by atoms with Crippen LogP contribution in [0, 0.1) is 0 Å². The number of amides is 1. The molecule has 0 radical (unpaired) electrons. The third kappa shape index (κ3) is 6.11. The minimum absolute atomic E-state index is 0.0408. The van der Waals surface area contributed by atoms with Crippen molar-refractivity contribution in [2.45, 2.75) is 23.4 Å². The highest BCUT2D eigenvalue weighted by atomic mass is 32.2. The summed E-state index contributed by atoms with van der Waals surface area (Å²) in [5.41, 5.74) is 1.17. The van der Waals surface area contributed by atoms with E-state index in [2.05, 4.69) is 20.8 Å². The molecular weight excluding hydrogens is 360 g/mol. The molecular formula is C16H20N4O3S2. The van der Waals surface area contributed by atoms with Crippen LogP contribution in [0.25, 0.3) is 0 Å². The van der Waals surface area contributed by atoms with Gasteiger partial charge in [0.15, 0.2) is 10.1 Å². The molecule has 2 N–H and O–H groups in total. The number of methoxy groups -OCH3 is 1. The first-order valence-electron chi connectivity index (χ1n) is 7.64. The number of carbonyl (C=O) groups is 2. The number of nitrogens with zero attached hydrogens (tertiary/aromatic N) is 2. The summed E-state index contributed by atoms with van der Waals surface area (Å²) in [6.07, 6.45) is 0. The average molecular weight is 380 g/mol. The van der Waals surface area contributed by atoms with Crippen LogP contribution in [0.1, 0.15) is 24.2 Å². The SMILES string of the molecule is COCCNc1nnc(S[C@@H](C)C(=O)Nc2cccc(C(C)=O)c2)s1. The number of ketones is 1. The molecule has 1 amide bonds. The zero-order chi connectivity index (χ0) is 18.2. The molecule has 1 aromatic heterocycles. The van der Waals surface area contributed by atoms with Crippen LogP contribution in [0.3, 0.4) is 0 Å². The van der Waals surface area contributed by atoms with Gasteiger partial charge < -0.3 is 15.4 Å². The van der Waals surface area contributed by atoms with Crippen LogP contribution in [0.15, 0.2) is 28.6 Å². The normalized spacial score (nSPS) is 11.8. The summed E-state index contributed by atoms with van der Waals surface area (Å²) in [6, 6.07) is 6.88. The largest absolute Gasteiger partial charge is 0.383 e. The Bertz CT molecular complexity index is 736. The first kappa shape index (κ1) is 19.4. The van der Waals surface area contributed by atoms with Gasteiger partial charge in [-0.2, -0.15) is 0 Å². The van der Waals surface area contributed by atoms with E-state index in [0.717, 1.165) is 0 Å². The van der Waals surface area contributed by atoms with Crippen molar-refractivity contribution in [1.82, 2.24) is 10.2 Å². The Hall–Kier alpha value is -1.97. The van der Waals surface area contributed by atoms with Crippen LogP contribution in [-0.2, 0) is 9.53 Å². The lowest BCUT2D eigenvalue weighted by molar-refractivity contribution is -0.115. The molecule has 134 valence electrons. The molecule has 2 rings (SSSR count). The Labute approximate surface area is 154 Å². The lowest BCUT2D eigenvalue weighted by Gasteiger charge is -2.10. The molecule has 0 fully saturated rings. The molecule has 1 heterocycles. The van der Waals surface area contributed by atoms with Crippen molar-refractivity contribution in [3.8, 4) is 0 Å². The molecule has 0 bridgehead atoms. The second-order valence-electron chi connectivity index (χ2n) is 5.18. The van der Waals surface area contributed by atoms with Crippen molar-refractivity contribution in [2.75, 3.05) is 30.9 Å². The van der Waals surface area contributed by atoms with Crippen molar-refractivity contribution in [2.24, 2.45) is 0 Å². The summed E-state index contributed by atoms with van der Waals surface area (Å²) in [5, 5.41) is 14.4. The predicted octanol–water partition coefficient (Wildman–Crippen LogP) is 2.92. The molecule has 2 aromatic rings. The monoisotopic (exact) mass is 380 g/mol. The first-order chi connectivity index (χ1) is 12.0. The molecule has 0 saturated heterocycles. The van der Waals surface area contributed by atoms with Crippen molar-refractivity contribution < 1.29 is 14.3 Å². The second kappa shape index (κ2) is 9.50. The molecule has 25 heavy (non-hydrogen) atoms. The first-order valence-corrected chi connectivity index (χ1v) is 9.34. The zero-order valence-electron chi connectivity index (χ0n) is 14.2. The Morgan fingerprint density at radius 2 is 2.16 bits per heavy atom. The number of thioether (sulfide) groups is 1. The summed E-state index contributed by atoms with van der Waals surface area (Å²) in [5.74, 6) is -0.198. The summed E-state index contributed by atoms with van der Waals surface area (Å²) in [7, 11) is 1.63. The second-order valence-corrected chi connectivity index (χ2v) is 7.74. The molecule has 1 atom stereocenters. The number of carbonyl (C=O) groups excluding carboxylic acids is 2. The standard InChI is InChI=1S/C16H20N4O3S2/c1-10(21)12-5-4-6-13(9-12)18-14(22)11(2)24-16-20-19-15(25-16)17-7-8-23-3/h4-6,9,11H,7-8H2,1-3H3,(H,17,19)(H,18,22)/t11-/m0/s1. The molecule has 0 aliphatic carbocycles. The molecule has 1 aromatic carbocycles. The summed E-state index contributed by atoms with van der Waals surface area (Å²) in [4.78, 5) is 23.7. The number of benzene rings is 1. The number of anilines is 2. The van der Waals surface area contributed by atoms with E-state index in [4.69, 9.17) is 4.74 Å². The Kier molecular flexibility index (Phi) is 7.35. The quantitative estimate of drug-likeness (QED) is 0.392. The number of hydrogen-bond donors (Lipinski definition) is 2. The molecule has 0 saturated carbocycles. The van der Waals surface area contributed by atoms with Crippen LogP contribution in [0.2, 0.25) is 0 Å². The van der Waals surface area contributed by atoms with Gasteiger partial charge in [0.2, 0.25) is 11.0 Å². The van der Waals surface area contributed by atoms with Crippen LogP contribution >= 0.6 is 23.1 Å². The maximum absolute atomic E-state index is 12.3. The Morgan fingerprint density at radius 3 is 2.88 bits per heavy atom. The number of nitrogens with one attached hydrogen (secondary N) is 2. The van der Waals surface area contributed by atoms with Gasteiger partial charge in [0, 0.05) is 24.9 Å². The number of aromatic nitrogens is 2. The predicted molar refractivity (Wildman–Crippen MR) is 101 cm³/mol. The third-order valence-corrected chi connectivity index (χ3v) is 5.24. The van der Waals surface area contributed by atoms with Gasteiger partial charge in [-0.15, -0.1) is 10.2 Å². The van der Waals surface area contributed by atoms with Gasteiger partial charge in [-0.05, 0) is 26.0 Å². The van der Waals surface area contributed by atoms with E-state index in [1.807, 2.05) is 0 Å². The maximum atomic E-state index is 12.3. The third-order valence-electron chi connectivity index (χ3n) is 3.17. The van der Waals surface area contributed by atoms with E-state index in [-0.39, 0.29) is 16.9 Å². The van der Waals surface area contributed by atoms with Crippen molar-refractivity contribution in [3.05, 3.63) is 29.8 Å². The van der Waals surface area contributed by atoms with Crippen molar-refractivity contribution in [1.29, 1.82) is 0 Å². The van der Waals surface area contributed by atoms with E-state index >= 15 is 0 Å². The van der Waals surface area contributed by atoms with Crippen LogP contribution in [0.4, 0.5) is 10.8 Å². The molecule has 0 spiro atoms. The molecule has 7 nitrogen and oxygen atoms in total. The van der Waals surface area contributed by atoms with Crippen LogP contribution in [0.5, 0.6) is 0 Å². The Balaban J connectivity index is 1.90. The van der Waals surface area contributed by atoms with Crippen LogP contribution < -0.4 is 10.6 Å². The molecule has 0 unspecified atom stereocenters. The fraction of sp³-hybridized carbons (Fsp3) is 0.375. The number of ether oxygens (including phenoxy) is 1. The van der Waals surface area contributed by atoms with Gasteiger partial charge in [-0.3, -0.25) is 9.59 Å². The fourth-order valence-electron chi connectivity index (χ4n) is 1.85. The Morgan fingerprint density at radius 1 is 1.36 bits per heavy atom. The highest BCUT2D eigenvalue weighted by Gasteiger charge is 2.17. The number of rotatable bonds is 9.